The third-order valence-corrected chi connectivity index (χ3v) is 3.95. The first-order valence-corrected chi connectivity index (χ1v) is 6.69. The molecule has 1 fully saturated rings. The quantitative estimate of drug-likeness (QED) is 0.565. The van der Waals surface area contributed by atoms with E-state index in [-0.39, 0.29) is 11.9 Å². The molecule has 4 N–H and O–H groups in total. The lowest BCUT2D eigenvalue weighted by molar-refractivity contribution is 0.0905. The Kier molecular flexibility index (Phi) is 4.31. The fourth-order valence-electron chi connectivity index (χ4n) is 2.48. The molecule has 6 heteroatoms. The molecule has 0 spiro atoms. The van der Waals surface area contributed by atoms with Crippen LogP contribution in [0.2, 0.25) is 0 Å². The number of nitrogens with one attached hydrogen (secondary N) is 2. The van der Waals surface area contributed by atoms with E-state index >= 15 is 0 Å². The predicted octanol–water partition coefficient (Wildman–Crippen LogP) is 1.32. The topological polar surface area (TPSA) is 92.9 Å². The minimum Gasteiger partial charge on any atom is -0.348 e. The molecule has 0 saturated heterocycles. The molecule has 1 saturated carbocycles. The molecular weight excluding hydrogens is 242 g/mol. The molecule has 2 rings (SSSR count). The van der Waals surface area contributed by atoms with Crippen LogP contribution in [-0.4, -0.2) is 21.9 Å². The summed E-state index contributed by atoms with van der Waals surface area (Å²) >= 11 is 0. The highest BCUT2D eigenvalue weighted by atomic mass is 16.1. The van der Waals surface area contributed by atoms with Crippen LogP contribution in [-0.2, 0) is 0 Å². The zero-order valence-corrected chi connectivity index (χ0v) is 11.4. The lowest BCUT2D eigenvalue weighted by Gasteiger charge is -2.32. The Labute approximate surface area is 113 Å². The van der Waals surface area contributed by atoms with Crippen LogP contribution in [0, 0.1) is 11.8 Å². The molecule has 1 aromatic heterocycles. The van der Waals surface area contributed by atoms with Crippen molar-refractivity contribution in [2.45, 2.75) is 39.2 Å². The van der Waals surface area contributed by atoms with E-state index < -0.39 is 0 Å². The number of carbonyl (C=O) groups excluding carboxylic acids is 1. The smallest absolute Gasteiger partial charge is 0.271 e. The van der Waals surface area contributed by atoms with Crippen LogP contribution in [0.4, 0.5) is 5.82 Å². The number of anilines is 1. The van der Waals surface area contributed by atoms with Gasteiger partial charge in [-0.15, -0.1) is 0 Å². The zero-order valence-electron chi connectivity index (χ0n) is 11.4. The Morgan fingerprint density at radius 1 is 1.32 bits per heavy atom. The average molecular weight is 263 g/mol. The Balaban J connectivity index is 1.97. The van der Waals surface area contributed by atoms with Crippen molar-refractivity contribution >= 4 is 11.7 Å². The summed E-state index contributed by atoms with van der Waals surface area (Å²) in [4.78, 5) is 20.1. The van der Waals surface area contributed by atoms with E-state index in [0.29, 0.717) is 17.4 Å². The Bertz CT molecular complexity index is 450. The molecule has 1 amide bonds. The largest absolute Gasteiger partial charge is 0.348 e. The van der Waals surface area contributed by atoms with Gasteiger partial charge in [0.2, 0.25) is 0 Å². The van der Waals surface area contributed by atoms with Gasteiger partial charge in [-0.2, -0.15) is 0 Å². The number of aromatic nitrogens is 2. The van der Waals surface area contributed by atoms with Crippen LogP contribution >= 0.6 is 0 Å². The average Bonchev–Trinajstić information content (AvgIpc) is 2.43. The van der Waals surface area contributed by atoms with Crippen molar-refractivity contribution < 1.29 is 4.79 Å². The maximum atomic E-state index is 12.1. The summed E-state index contributed by atoms with van der Waals surface area (Å²) < 4.78 is 0. The van der Waals surface area contributed by atoms with Gasteiger partial charge >= 0.3 is 0 Å². The van der Waals surface area contributed by atoms with Crippen LogP contribution < -0.4 is 16.6 Å². The molecular formula is C13H21N5O. The van der Waals surface area contributed by atoms with E-state index in [4.69, 9.17) is 5.84 Å². The number of nitrogens with two attached hydrogens (primary N) is 1. The van der Waals surface area contributed by atoms with Gasteiger partial charge in [-0.1, -0.05) is 13.8 Å². The van der Waals surface area contributed by atoms with Crippen LogP contribution in [0.3, 0.4) is 0 Å². The number of amides is 1. The molecule has 1 aliphatic rings. The number of hydrogen-bond acceptors (Lipinski definition) is 5. The highest BCUT2D eigenvalue weighted by Crippen LogP contribution is 2.29. The molecule has 104 valence electrons. The van der Waals surface area contributed by atoms with Gasteiger partial charge in [0.05, 0.1) is 12.4 Å². The Morgan fingerprint density at radius 2 is 2.11 bits per heavy atom. The first kappa shape index (κ1) is 13.7. The third kappa shape index (κ3) is 3.41. The minimum atomic E-state index is -0.184. The maximum absolute atomic E-state index is 12.1. The summed E-state index contributed by atoms with van der Waals surface area (Å²) in [5, 5.41) is 3.03. The molecule has 0 aliphatic heterocycles. The molecule has 3 atom stereocenters. The molecule has 6 nitrogen and oxygen atoms in total. The summed E-state index contributed by atoms with van der Waals surface area (Å²) in [6.45, 7) is 4.51. The summed E-state index contributed by atoms with van der Waals surface area (Å²) in [6, 6.07) is 0.231. The lowest BCUT2D eigenvalue weighted by atomic mass is 9.79. The van der Waals surface area contributed by atoms with Crippen molar-refractivity contribution in [3.8, 4) is 0 Å². The monoisotopic (exact) mass is 263 g/mol. The highest BCUT2D eigenvalue weighted by Gasteiger charge is 2.26. The Morgan fingerprint density at radius 3 is 2.79 bits per heavy atom. The second-order valence-electron chi connectivity index (χ2n) is 5.37. The number of hydrogen-bond donors (Lipinski definition) is 3. The number of carbonyl (C=O) groups is 1. The van der Waals surface area contributed by atoms with Crippen molar-refractivity contribution in [3.05, 3.63) is 18.1 Å². The predicted molar refractivity (Wildman–Crippen MR) is 73.3 cm³/mol. The van der Waals surface area contributed by atoms with Crippen LogP contribution in [0.25, 0.3) is 0 Å². The molecule has 1 aromatic rings. The second kappa shape index (κ2) is 5.97. The van der Waals surface area contributed by atoms with Gasteiger partial charge in [-0.05, 0) is 31.1 Å². The van der Waals surface area contributed by atoms with E-state index in [2.05, 4.69) is 34.6 Å². The summed E-state index contributed by atoms with van der Waals surface area (Å²) in [5.41, 5.74) is 2.68. The Hall–Kier alpha value is -1.69. The fraction of sp³-hybridized carbons (Fsp3) is 0.615. The zero-order chi connectivity index (χ0) is 13.8. The highest BCUT2D eigenvalue weighted by molar-refractivity contribution is 5.92. The maximum Gasteiger partial charge on any atom is 0.271 e. The van der Waals surface area contributed by atoms with Crippen molar-refractivity contribution in [2.24, 2.45) is 17.7 Å². The van der Waals surface area contributed by atoms with Crippen molar-refractivity contribution in [2.75, 3.05) is 5.43 Å². The molecule has 0 bridgehead atoms. The molecule has 0 aromatic carbocycles. The van der Waals surface area contributed by atoms with Crippen LogP contribution in [0.1, 0.15) is 43.6 Å². The molecule has 0 radical (unpaired) electrons. The van der Waals surface area contributed by atoms with E-state index in [0.717, 1.165) is 25.2 Å². The number of hydrazine groups is 1. The van der Waals surface area contributed by atoms with Gasteiger partial charge in [0.25, 0.3) is 5.91 Å². The molecule has 3 unspecified atom stereocenters. The van der Waals surface area contributed by atoms with Crippen molar-refractivity contribution in [1.29, 1.82) is 0 Å². The minimum absolute atomic E-state index is 0.184. The van der Waals surface area contributed by atoms with Gasteiger partial charge in [-0.25, -0.2) is 10.8 Å². The lowest BCUT2D eigenvalue weighted by Crippen LogP contribution is -2.40. The number of nitrogens with zero attached hydrogens (tertiary/aromatic N) is 2. The standard InChI is InChI=1S/C13H21N5O/c1-8-3-4-10(5-9(8)2)16-13(19)11-6-15-7-12(17-11)18-14/h6-10H,3-5,14H2,1-2H3,(H,16,19)(H,17,18). The van der Waals surface area contributed by atoms with Gasteiger partial charge in [0.1, 0.15) is 5.69 Å². The van der Waals surface area contributed by atoms with E-state index in [1.807, 2.05) is 0 Å². The molecule has 1 heterocycles. The van der Waals surface area contributed by atoms with E-state index in [1.165, 1.54) is 12.4 Å². The fourth-order valence-corrected chi connectivity index (χ4v) is 2.48. The molecule has 19 heavy (non-hydrogen) atoms. The second-order valence-corrected chi connectivity index (χ2v) is 5.37. The summed E-state index contributed by atoms with van der Waals surface area (Å²) in [5.74, 6) is 6.83. The first-order chi connectivity index (χ1) is 9.10. The summed E-state index contributed by atoms with van der Waals surface area (Å²) in [6.07, 6.45) is 6.13. The van der Waals surface area contributed by atoms with Gasteiger partial charge in [-0.3, -0.25) is 9.78 Å². The first-order valence-electron chi connectivity index (χ1n) is 6.69. The van der Waals surface area contributed by atoms with Gasteiger partial charge in [0, 0.05) is 6.04 Å². The third-order valence-electron chi connectivity index (χ3n) is 3.95. The summed E-state index contributed by atoms with van der Waals surface area (Å²) in [7, 11) is 0. The molecule has 1 aliphatic carbocycles. The van der Waals surface area contributed by atoms with E-state index in [1.54, 1.807) is 0 Å². The van der Waals surface area contributed by atoms with Gasteiger partial charge < -0.3 is 10.7 Å². The van der Waals surface area contributed by atoms with Crippen molar-refractivity contribution in [3.63, 3.8) is 0 Å². The van der Waals surface area contributed by atoms with Crippen LogP contribution in [0.15, 0.2) is 12.4 Å². The van der Waals surface area contributed by atoms with Crippen molar-refractivity contribution in [1.82, 2.24) is 15.3 Å². The van der Waals surface area contributed by atoms with Crippen LogP contribution in [0.5, 0.6) is 0 Å². The van der Waals surface area contributed by atoms with Gasteiger partial charge in [0.15, 0.2) is 5.82 Å². The normalized spacial score (nSPS) is 26.8. The number of nitrogen functional groups attached to an aromatic ring is 1. The van der Waals surface area contributed by atoms with E-state index in [9.17, 15) is 4.79 Å². The SMILES string of the molecule is CC1CCC(NC(=O)c2cncc(NN)n2)CC1C. The number of rotatable bonds is 3.